The van der Waals surface area contributed by atoms with Crippen molar-refractivity contribution in [3.05, 3.63) is 60.1 Å². The number of aromatic nitrogens is 2. The Kier molecular flexibility index (Phi) is 10.7. The number of urea groups is 1. The Morgan fingerprint density at radius 1 is 1.07 bits per heavy atom. The summed E-state index contributed by atoms with van der Waals surface area (Å²) in [5.74, 6) is 1.34. The van der Waals surface area contributed by atoms with Crippen LogP contribution in [0, 0.1) is 0 Å². The average molecular weight is 603 g/mol. The topological polar surface area (TPSA) is 180 Å². The quantitative estimate of drug-likeness (QED) is 0.296. The number of likely N-dealkylation sites (tertiary alicyclic amines) is 1. The van der Waals surface area contributed by atoms with Gasteiger partial charge in [0, 0.05) is 35.5 Å². The van der Waals surface area contributed by atoms with Gasteiger partial charge in [0.05, 0.1) is 28.9 Å². The second-order valence-corrected chi connectivity index (χ2v) is 12.7. The maximum Gasteiger partial charge on any atom is 0.324 e. The van der Waals surface area contributed by atoms with E-state index in [1.54, 1.807) is 53.6 Å². The number of carbonyl (C=O) groups is 2. The van der Waals surface area contributed by atoms with Crippen molar-refractivity contribution in [1.82, 2.24) is 10.1 Å². The summed E-state index contributed by atoms with van der Waals surface area (Å²) in [5, 5.41) is 12.0. The number of pyridine rings is 1. The molecule has 3 amide bonds. The van der Waals surface area contributed by atoms with Crippen molar-refractivity contribution in [2.75, 3.05) is 35.3 Å². The third-order valence-electron chi connectivity index (χ3n) is 6.26. The summed E-state index contributed by atoms with van der Waals surface area (Å²) in [7, 11) is -3.92. The zero-order valence-electron chi connectivity index (χ0n) is 24.6. The van der Waals surface area contributed by atoms with Crippen LogP contribution in [0.2, 0.25) is 0 Å². The number of ether oxygens (including phenoxy) is 1. The molecule has 1 unspecified atom stereocenters. The molecule has 0 spiro atoms. The van der Waals surface area contributed by atoms with Crippen molar-refractivity contribution in [1.29, 1.82) is 0 Å². The predicted molar refractivity (Wildman–Crippen MR) is 157 cm³/mol. The molecule has 0 saturated carbocycles. The smallest absolute Gasteiger partial charge is 0.324 e. The van der Waals surface area contributed by atoms with Gasteiger partial charge in [0.2, 0.25) is 0 Å². The van der Waals surface area contributed by atoms with Crippen LogP contribution in [-0.4, -0.2) is 66.5 Å². The molecule has 2 aromatic heterocycles. The molecule has 1 fully saturated rings. The summed E-state index contributed by atoms with van der Waals surface area (Å²) < 4.78 is 38.5. The summed E-state index contributed by atoms with van der Waals surface area (Å²) in [6, 6.07) is 12.0. The lowest BCUT2D eigenvalue weighted by molar-refractivity contribution is -0.910. The average Bonchev–Trinajstić information content (AvgIpc) is 3.55. The Balaban J connectivity index is 0.000000892. The first-order chi connectivity index (χ1) is 19.6. The van der Waals surface area contributed by atoms with Gasteiger partial charge in [-0.05, 0) is 50.2 Å². The fourth-order valence-electron chi connectivity index (χ4n) is 4.04. The number of hydrogen-bond donors (Lipinski definition) is 4. The lowest BCUT2D eigenvalue weighted by Gasteiger charge is -2.17. The number of anilines is 3. The van der Waals surface area contributed by atoms with E-state index in [0.29, 0.717) is 41.0 Å². The molecule has 4 rings (SSSR count). The molecule has 0 aliphatic carbocycles. The van der Waals surface area contributed by atoms with Crippen LogP contribution in [-0.2, 0) is 15.5 Å². The molecule has 3 heterocycles. The van der Waals surface area contributed by atoms with Crippen molar-refractivity contribution < 1.29 is 36.7 Å². The molecule has 3 aromatic rings. The molecule has 42 heavy (non-hydrogen) atoms. The fourth-order valence-corrected chi connectivity index (χ4v) is 4.04. The fraction of sp³-hybridized carbons (Fsp3) is 0.429. The summed E-state index contributed by atoms with van der Waals surface area (Å²) in [6.45, 7) is 12.5. The van der Waals surface area contributed by atoms with Crippen LogP contribution in [0.1, 0.15) is 57.3 Å². The van der Waals surface area contributed by atoms with Gasteiger partial charge in [0.1, 0.15) is 23.7 Å². The van der Waals surface area contributed by atoms with Gasteiger partial charge >= 0.3 is 6.03 Å². The minimum atomic E-state index is -3.92. The van der Waals surface area contributed by atoms with Crippen LogP contribution < -0.4 is 25.6 Å². The highest BCUT2D eigenvalue weighted by molar-refractivity contribution is 7.84. The maximum absolute atomic E-state index is 12.6. The number of nitrogens with zero attached hydrogens (tertiary/aromatic N) is 2. The van der Waals surface area contributed by atoms with Gasteiger partial charge in [-0.25, -0.2) is 18.2 Å². The Bertz CT molecular complexity index is 1440. The van der Waals surface area contributed by atoms with Gasteiger partial charge in [-0.1, -0.05) is 25.9 Å². The monoisotopic (exact) mass is 602 g/mol. The number of benzene rings is 1. The van der Waals surface area contributed by atoms with Crippen LogP contribution in [0.15, 0.2) is 53.2 Å². The highest BCUT2D eigenvalue weighted by atomic mass is 32.2. The van der Waals surface area contributed by atoms with E-state index in [0.717, 1.165) is 19.5 Å². The number of hydrogen-bond acceptors (Lipinski definition) is 9. The normalized spacial score (nSPS) is 16.8. The first-order valence-electron chi connectivity index (χ1n) is 13.4. The molecule has 2 atom stereocenters. The molecule has 14 heteroatoms. The molecule has 1 saturated heterocycles. The van der Waals surface area contributed by atoms with Gasteiger partial charge in [-0.15, -0.1) is 0 Å². The summed E-state index contributed by atoms with van der Waals surface area (Å²) in [5.41, 5.74) is 1.21. The zero-order chi connectivity index (χ0) is 31.1. The van der Waals surface area contributed by atoms with E-state index in [1.165, 1.54) is 0 Å². The number of nitrogens with one attached hydrogen (secondary N) is 4. The first-order valence-corrected chi connectivity index (χ1v) is 15.2. The third kappa shape index (κ3) is 10.8. The largest absolute Gasteiger partial charge is 0.748 e. The summed E-state index contributed by atoms with van der Waals surface area (Å²) in [4.78, 5) is 30.7. The van der Waals surface area contributed by atoms with E-state index in [-0.39, 0.29) is 23.1 Å². The SMILES string of the molecule is CC(C)[NH+]1CC[C@H](Oc2ccc(C(=O)Nc3ccc(NC(=O)Nc4cc(C(C)(C)C)on4)cc3)nc2)C1.CS(=O)(=O)[O-]. The van der Waals surface area contributed by atoms with Gasteiger partial charge < -0.3 is 29.3 Å². The molecule has 1 aromatic carbocycles. The molecule has 4 N–H and O–H groups in total. The van der Waals surface area contributed by atoms with Gasteiger partial charge in [0.25, 0.3) is 5.91 Å². The lowest BCUT2D eigenvalue weighted by atomic mass is 9.93. The van der Waals surface area contributed by atoms with Gasteiger partial charge in [-0.3, -0.25) is 10.1 Å². The Morgan fingerprint density at radius 2 is 1.69 bits per heavy atom. The molecular weight excluding hydrogens is 564 g/mol. The van der Waals surface area contributed by atoms with Gasteiger partial charge in [-0.2, -0.15) is 0 Å². The van der Waals surface area contributed by atoms with E-state index < -0.39 is 16.1 Å². The molecule has 228 valence electrons. The second-order valence-electron chi connectivity index (χ2n) is 11.3. The Morgan fingerprint density at radius 3 is 2.19 bits per heavy atom. The predicted octanol–water partition coefficient (Wildman–Crippen LogP) is 2.87. The Labute approximate surface area is 245 Å². The van der Waals surface area contributed by atoms with Crippen LogP contribution in [0.25, 0.3) is 0 Å². The van der Waals surface area contributed by atoms with Crippen molar-refractivity contribution in [2.45, 2.75) is 58.6 Å². The first kappa shape index (κ1) is 32.5. The highest BCUT2D eigenvalue weighted by Gasteiger charge is 2.29. The summed E-state index contributed by atoms with van der Waals surface area (Å²) in [6.07, 6.45) is 3.38. The molecular formula is C28H38N6O7S. The minimum absolute atomic E-state index is 0.171. The van der Waals surface area contributed by atoms with Crippen molar-refractivity contribution >= 4 is 39.2 Å². The van der Waals surface area contributed by atoms with E-state index in [2.05, 4.69) is 39.9 Å². The Hall–Kier alpha value is -4.01. The molecule has 13 nitrogen and oxygen atoms in total. The van der Waals surface area contributed by atoms with Gasteiger partial charge in [0.15, 0.2) is 11.9 Å². The number of carbonyl (C=O) groups excluding carboxylic acids is 2. The van der Waals surface area contributed by atoms with E-state index >= 15 is 0 Å². The van der Waals surface area contributed by atoms with E-state index in [4.69, 9.17) is 22.2 Å². The molecule has 0 bridgehead atoms. The van der Waals surface area contributed by atoms with Crippen LogP contribution in [0.4, 0.5) is 22.0 Å². The molecule has 1 aliphatic rings. The third-order valence-corrected chi connectivity index (χ3v) is 6.26. The van der Waals surface area contributed by atoms with Crippen molar-refractivity contribution in [2.24, 2.45) is 0 Å². The number of quaternary nitrogens is 1. The lowest BCUT2D eigenvalue weighted by Crippen LogP contribution is -3.13. The van der Waals surface area contributed by atoms with Crippen LogP contribution in [0.3, 0.4) is 0 Å². The van der Waals surface area contributed by atoms with Crippen molar-refractivity contribution in [3.8, 4) is 5.75 Å². The minimum Gasteiger partial charge on any atom is -0.748 e. The van der Waals surface area contributed by atoms with E-state index in [9.17, 15) is 9.59 Å². The summed E-state index contributed by atoms with van der Waals surface area (Å²) >= 11 is 0. The standard InChI is InChI=1S/C27H34N6O4.CH4O3S/c1-17(2)33-13-12-21(16-33)36-20-10-11-22(28-15-20)25(34)29-18-6-8-19(9-7-18)30-26(35)31-24-14-23(37-32-24)27(3,4)5;1-5(2,3)4/h6-11,14-15,17,21H,12-13,16H2,1-5H3,(H,29,34)(H2,30,31,32,35);1H3,(H,2,3,4)/t21-;/m0./s1. The van der Waals surface area contributed by atoms with Crippen LogP contribution >= 0.6 is 0 Å². The van der Waals surface area contributed by atoms with E-state index in [1.807, 2.05) is 20.8 Å². The highest BCUT2D eigenvalue weighted by Crippen LogP contribution is 2.24. The molecule has 0 radical (unpaired) electrons. The van der Waals surface area contributed by atoms with Crippen LogP contribution in [0.5, 0.6) is 5.75 Å². The zero-order valence-corrected chi connectivity index (χ0v) is 25.4. The molecule has 1 aliphatic heterocycles. The number of rotatable bonds is 7. The maximum atomic E-state index is 12.6. The van der Waals surface area contributed by atoms with Crippen molar-refractivity contribution in [3.63, 3.8) is 0 Å². The number of amides is 3. The second kappa shape index (κ2) is 13.8.